The van der Waals surface area contributed by atoms with Gasteiger partial charge in [-0.3, -0.25) is 9.59 Å². The van der Waals surface area contributed by atoms with Crippen LogP contribution in [0.5, 0.6) is 0 Å². The number of nitrogens with zero attached hydrogens (tertiary/aromatic N) is 2. The van der Waals surface area contributed by atoms with E-state index in [2.05, 4.69) is 31.1 Å². The molecule has 1 aliphatic heterocycles. The van der Waals surface area contributed by atoms with E-state index < -0.39 is 0 Å². The zero-order valence-corrected chi connectivity index (χ0v) is 15.6. The number of anilines is 2. The number of amides is 1. The highest BCUT2D eigenvalue weighted by molar-refractivity contribution is 9.10. The molecule has 1 aromatic carbocycles. The Labute approximate surface area is 155 Å². The van der Waals surface area contributed by atoms with E-state index in [0.717, 1.165) is 53.9 Å². The van der Waals surface area contributed by atoms with Gasteiger partial charge in [-0.15, -0.1) is 0 Å². The number of carbonyl (C=O) groups is 2. The van der Waals surface area contributed by atoms with Crippen molar-refractivity contribution in [2.45, 2.75) is 19.8 Å². The van der Waals surface area contributed by atoms with Gasteiger partial charge < -0.3 is 10.2 Å². The summed E-state index contributed by atoms with van der Waals surface area (Å²) in [6.07, 6.45) is 2.47. The van der Waals surface area contributed by atoms with Crippen LogP contribution in [-0.4, -0.2) is 30.3 Å². The van der Waals surface area contributed by atoms with Crippen molar-refractivity contribution >= 4 is 39.5 Å². The lowest BCUT2D eigenvalue weighted by atomic mass is 9.95. The van der Waals surface area contributed by atoms with Gasteiger partial charge in [0.25, 0.3) is 0 Å². The first-order chi connectivity index (χ1) is 12.1. The number of aryl methyl sites for hydroxylation is 1. The number of piperidine rings is 1. The van der Waals surface area contributed by atoms with E-state index in [1.807, 2.05) is 43.3 Å². The molecule has 1 N–H and O–H groups in total. The van der Waals surface area contributed by atoms with Crippen LogP contribution in [0.4, 0.5) is 11.4 Å². The fraction of sp³-hybridized carbons (Fsp3) is 0.316. The van der Waals surface area contributed by atoms with Gasteiger partial charge in [0, 0.05) is 30.3 Å². The SMILES string of the molecule is Cc1nc(Br)ccc1NC(=O)C1CCN(c2ccc(C=O)cc2)CC1. The van der Waals surface area contributed by atoms with Crippen LogP contribution in [0.15, 0.2) is 41.0 Å². The molecule has 25 heavy (non-hydrogen) atoms. The predicted molar refractivity (Wildman–Crippen MR) is 102 cm³/mol. The van der Waals surface area contributed by atoms with E-state index in [-0.39, 0.29) is 11.8 Å². The van der Waals surface area contributed by atoms with E-state index in [1.54, 1.807) is 0 Å². The Kier molecular flexibility index (Phi) is 5.48. The van der Waals surface area contributed by atoms with Crippen molar-refractivity contribution in [3.63, 3.8) is 0 Å². The highest BCUT2D eigenvalue weighted by Crippen LogP contribution is 2.25. The van der Waals surface area contributed by atoms with Gasteiger partial charge in [-0.05, 0) is 72.1 Å². The molecule has 6 heteroatoms. The average Bonchev–Trinajstić information content (AvgIpc) is 2.64. The third kappa shape index (κ3) is 4.25. The molecule has 0 atom stereocenters. The summed E-state index contributed by atoms with van der Waals surface area (Å²) in [5.74, 6) is 0.0664. The first-order valence-electron chi connectivity index (χ1n) is 8.31. The topological polar surface area (TPSA) is 62.3 Å². The highest BCUT2D eigenvalue weighted by Gasteiger charge is 2.25. The molecule has 3 rings (SSSR count). The fourth-order valence-corrected chi connectivity index (χ4v) is 3.46. The van der Waals surface area contributed by atoms with Crippen molar-refractivity contribution in [1.29, 1.82) is 0 Å². The number of hydrogen-bond donors (Lipinski definition) is 1. The molecule has 2 heterocycles. The van der Waals surface area contributed by atoms with Gasteiger partial charge in [0.15, 0.2) is 0 Å². The van der Waals surface area contributed by atoms with Crippen LogP contribution in [0, 0.1) is 12.8 Å². The molecule has 130 valence electrons. The lowest BCUT2D eigenvalue weighted by Crippen LogP contribution is -2.38. The number of benzene rings is 1. The number of halogens is 1. The van der Waals surface area contributed by atoms with E-state index in [0.29, 0.717) is 5.56 Å². The summed E-state index contributed by atoms with van der Waals surface area (Å²) in [5, 5.41) is 3.00. The summed E-state index contributed by atoms with van der Waals surface area (Å²) in [4.78, 5) is 29.8. The maximum Gasteiger partial charge on any atom is 0.227 e. The number of aldehydes is 1. The molecule has 5 nitrogen and oxygen atoms in total. The summed E-state index contributed by atoms with van der Waals surface area (Å²) in [5.41, 5.74) is 3.34. The van der Waals surface area contributed by atoms with Crippen molar-refractivity contribution in [2.75, 3.05) is 23.3 Å². The van der Waals surface area contributed by atoms with Crippen molar-refractivity contribution in [3.8, 4) is 0 Å². The third-order valence-corrected chi connectivity index (χ3v) is 5.01. The normalized spacial score (nSPS) is 15.0. The van der Waals surface area contributed by atoms with E-state index in [1.165, 1.54) is 0 Å². The largest absolute Gasteiger partial charge is 0.371 e. The van der Waals surface area contributed by atoms with Crippen LogP contribution in [0.25, 0.3) is 0 Å². The second-order valence-electron chi connectivity index (χ2n) is 6.23. The van der Waals surface area contributed by atoms with Gasteiger partial charge in [-0.2, -0.15) is 0 Å². The van der Waals surface area contributed by atoms with Gasteiger partial charge in [0.1, 0.15) is 10.9 Å². The van der Waals surface area contributed by atoms with E-state index in [9.17, 15) is 9.59 Å². The summed E-state index contributed by atoms with van der Waals surface area (Å²) in [7, 11) is 0. The Morgan fingerprint density at radius 1 is 1.20 bits per heavy atom. The minimum Gasteiger partial charge on any atom is -0.371 e. The van der Waals surface area contributed by atoms with Crippen LogP contribution < -0.4 is 10.2 Å². The van der Waals surface area contributed by atoms with Crippen molar-refractivity contribution in [1.82, 2.24) is 4.98 Å². The molecule has 0 saturated carbocycles. The Morgan fingerprint density at radius 2 is 1.88 bits per heavy atom. The Hall–Kier alpha value is -2.21. The standard InChI is InChI=1S/C19H20BrN3O2/c1-13-17(6-7-18(20)21-13)22-19(25)15-8-10-23(11-9-15)16-4-2-14(12-24)3-5-16/h2-7,12,15H,8-11H2,1H3,(H,22,25). The number of rotatable bonds is 4. The molecular weight excluding hydrogens is 382 g/mol. The summed E-state index contributed by atoms with van der Waals surface area (Å²) >= 11 is 3.33. The minimum atomic E-state index is 0.00791. The number of nitrogens with one attached hydrogen (secondary N) is 1. The van der Waals surface area contributed by atoms with Crippen LogP contribution in [0.2, 0.25) is 0 Å². The molecular formula is C19H20BrN3O2. The first-order valence-corrected chi connectivity index (χ1v) is 9.10. The lowest BCUT2D eigenvalue weighted by molar-refractivity contribution is -0.120. The van der Waals surface area contributed by atoms with Crippen LogP contribution in [0.1, 0.15) is 28.9 Å². The second-order valence-corrected chi connectivity index (χ2v) is 7.04. The van der Waals surface area contributed by atoms with Crippen LogP contribution in [0.3, 0.4) is 0 Å². The number of carbonyl (C=O) groups excluding carboxylic acids is 2. The number of hydrogen-bond acceptors (Lipinski definition) is 4. The zero-order valence-electron chi connectivity index (χ0n) is 14.0. The van der Waals surface area contributed by atoms with Gasteiger partial charge in [0.05, 0.1) is 11.4 Å². The molecule has 1 fully saturated rings. The highest BCUT2D eigenvalue weighted by atomic mass is 79.9. The van der Waals surface area contributed by atoms with E-state index >= 15 is 0 Å². The molecule has 0 spiro atoms. The molecule has 0 radical (unpaired) electrons. The Morgan fingerprint density at radius 3 is 2.48 bits per heavy atom. The summed E-state index contributed by atoms with van der Waals surface area (Å²) < 4.78 is 0.761. The summed E-state index contributed by atoms with van der Waals surface area (Å²) in [6, 6.07) is 11.3. The molecule has 1 saturated heterocycles. The smallest absolute Gasteiger partial charge is 0.227 e. The van der Waals surface area contributed by atoms with Crippen molar-refractivity contribution < 1.29 is 9.59 Å². The quantitative estimate of drug-likeness (QED) is 0.624. The van der Waals surface area contributed by atoms with E-state index in [4.69, 9.17) is 0 Å². The molecule has 1 amide bonds. The van der Waals surface area contributed by atoms with Gasteiger partial charge in [-0.1, -0.05) is 0 Å². The van der Waals surface area contributed by atoms with Crippen molar-refractivity contribution in [2.24, 2.45) is 5.92 Å². The van der Waals surface area contributed by atoms with Gasteiger partial charge in [-0.25, -0.2) is 4.98 Å². The molecule has 1 aliphatic rings. The molecule has 0 unspecified atom stereocenters. The maximum atomic E-state index is 12.5. The Bertz CT molecular complexity index is 769. The first kappa shape index (κ1) is 17.6. The molecule has 1 aromatic heterocycles. The second kappa shape index (κ2) is 7.78. The van der Waals surface area contributed by atoms with Gasteiger partial charge >= 0.3 is 0 Å². The summed E-state index contributed by atoms with van der Waals surface area (Å²) in [6.45, 7) is 3.54. The average molecular weight is 402 g/mol. The zero-order chi connectivity index (χ0) is 17.8. The molecule has 2 aromatic rings. The van der Waals surface area contributed by atoms with Crippen molar-refractivity contribution in [3.05, 3.63) is 52.3 Å². The van der Waals surface area contributed by atoms with Gasteiger partial charge in [0.2, 0.25) is 5.91 Å². The third-order valence-electron chi connectivity index (χ3n) is 4.57. The Balaban J connectivity index is 1.57. The number of aromatic nitrogens is 1. The molecule has 0 aliphatic carbocycles. The maximum absolute atomic E-state index is 12.5. The number of pyridine rings is 1. The van der Waals surface area contributed by atoms with Crippen LogP contribution >= 0.6 is 15.9 Å². The predicted octanol–water partition coefficient (Wildman–Crippen LogP) is 3.82. The monoisotopic (exact) mass is 401 g/mol. The molecule has 0 bridgehead atoms. The lowest BCUT2D eigenvalue weighted by Gasteiger charge is -2.33. The fourth-order valence-electron chi connectivity index (χ4n) is 3.06. The minimum absolute atomic E-state index is 0.00791. The van der Waals surface area contributed by atoms with Crippen LogP contribution in [-0.2, 0) is 4.79 Å².